The van der Waals surface area contributed by atoms with Gasteiger partial charge in [0.05, 0.1) is 19.3 Å². The average molecular weight is 472 g/mol. The maximum atomic E-state index is 13.1. The van der Waals surface area contributed by atoms with Crippen LogP contribution in [0.15, 0.2) is 72.0 Å². The Morgan fingerprint density at radius 3 is 2.46 bits per heavy atom. The molecule has 1 aliphatic heterocycles. The highest BCUT2D eigenvalue weighted by atomic mass is 16.5. The molecule has 1 fully saturated rings. The van der Waals surface area contributed by atoms with E-state index in [0.717, 1.165) is 36.4 Å². The molecule has 1 amide bonds. The summed E-state index contributed by atoms with van der Waals surface area (Å²) in [5.41, 5.74) is 4.60. The highest BCUT2D eigenvalue weighted by Crippen LogP contribution is 2.25. The lowest BCUT2D eigenvalue weighted by molar-refractivity contribution is 0.0977. The molecule has 182 valence electrons. The number of carbonyl (C=O) groups excluding carboxylic acids is 1. The zero-order valence-corrected chi connectivity index (χ0v) is 20.5. The van der Waals surface area contributed by atoms with Gasteiger partial charge in [-0.2, -0.15) is 0 Å². The molecule has 35 heavy (non-hydrogen) atoms. The lowest BCUT2D eigenvalue weighted by Gasteiger charge is -2.26. The Morgan fingerprint density at radius 1 is 1.00 bits per heavy atom. The van der Waals surface area contributed by atoms with Crippen LogP contribution >= 0.6 is 0 Å². The first-order valence-corrected chi connectivity index (χ1v) is 12.1. The number of hydrogen-bond acceptors (Lipinski definition) is 5. The molecule has 0 spiro atoms. The number of guanidine groups is 1. The minimum absolute atomic E-state index is 0.220. The van der Waals surface area contributed by atoms with Crippen LogP contribution < -0.4 is 15.4 Å². The maximum Gasteiger partial charge on any atom is 0.257 e. The van der Waals surface area contributed by atoms with Crippen LogP contribution in [0, 0.1) is 6.92 Å². The minimum atomic E-state index is -0.220. The molecule has 7 heteroatoms. The van der Waals surface area contributed by atoms with Gasteiger partial charge in [-0.15, -0.1) is 0 Å². The van der Waals surface area contributed by atoms with Gasteiger partial charge in [-0.3, -0.25) is 20.0 Å². The van der Waals surface area contributed by atoms with Crippen LogP contribution in [0.4, 0.5) is 5.69 Å². The number of likely N-dealkylation sites (tertiary alicyclic amines) is 1. The van der Waals surface area contributed by atoms with Crippen molar-refractivity contribution >= 4 is 17.6 Å². The van der Waals surface area contributed by atoms with Gasteiger partial charge in [0.2, 0.25) is 5.96 Å². The van der Waals surface area contributed by atoms with Crippen LogP contribution in [0.3, 0.4) is 0 Å². The molecule has 2 heterocycles. The van der Waals surface area contributed by atoms with E-state index in [0.29, 0.717) is 23.8 Å². The Hall–Kier alpha value is -3.71. The quantitative estimate of drug-likeness (QED) is 0.383. The molecule has 1 saturated heterocycles. The Kier molecular flexibility index (Phi) is 8.46. The number of piperidine rings is 1. The normalized spacial score (nSPS) is 14.4. The van der Waals surface area contributed by atoms with Gasteiger partial charge in [0.15, 0.2) is 0 Å². The van der Waals surface area contributed by atoms with E-state index in [1.54, 1.807) is 19.5 Å². The van der Waals surface area contributed by atoms with E-state index in [1.165, 1.54) is 24.8 Å². The Balaban J connectivity index is 1.48. The molecule has 2 aromatic carbocycles. The van der Waals surface area contributed by atoms with Crippen LogP contribution in [0.25, 0.3) is 0 Å². The topological polar surface area (TPSA) is 78.8 Å². The third-order valence-electron chi connectivity index (χ3n) is 6.08. The lowest BCUT2D eigenvalue weighted by atomic mass is 10.1. The van der Waals surface area contributed by atoms with E-state index >= 15 is 0 Å². The van der Waals surface area contributed by atoms with Crippen LogP contribution in [-0.4, -0.2) is 41.9 Å². The monoisotopic (exact) mass is 471 g/mol. The number of amides is 1. The van der Waals surface area contributed by atoms with Crippen molar-refractivity contribution < 1.29 is 9.53 Å². The zero-order valence-electron chi connectivity index (χ0n) is 20.5. The second kappa shape index (κ2) is 12.1. The fourth-order valence-corrected chi connectivity index (χ4v) is 4.13. The third kappa shape index (κ3) is 7.13. The van der Waals surface area contributed by atoms with Crippen molar-refractivity contribution in [2.45, 2.75) is 39.3 Å². The number of benzene rings is 2. The van der Waals surface area contributed by atoms with Crippen LogP contribution in [0.2, 0.25) is 0 Å². The minimum Gasteiger partial charge on any atom is -0.495 e. The number of rotatable bonds is 7. The maximum absolute atomic E-state index is 13.1. The number of aromatic nitrogens is 1. The third-order valence-corrected chi connectivity index (χ3v) is 6.08. The first-order chi connectivity index (χ1) is 17.1. The molecular formula is C28H33N5O2. The number of nitrogens with zero attached hydrogens (tertiary/aromatic N) is 3. The first-order valence-electron chi connectivity index (χ1n) is 12.1. The average Bonchev–Trinajstić information content (AvgIpc) is 2.89. The number of anilines is 1. The van der Waals surface area contributed by atoms with Gasteiger partial charge in [0, 0.05) is 24.5 Å². The number of aliphatic imine (C=N–C) groups is 1. The number of carbonyl (C=O) groups is 1. The number of ether oxygens (including phenoxy) is 1. The van der Waals surface area contributed by atoms with Crippen molar-refractivity contribution in [1.29, 1.82) is 0 Å². The molecular weight excluding hydrogens is 438 g/mol. The summed E-state index contributed by atoms with van der Waals surface area (Å²) >= 11 is 0. The summed E-state index contributed by atoms with van der Waals surface area (Å²) in [5, 5.41) is 6.19. The highest BCUT2D eigenvalue weighted by molar-refractivity contribution is 6.10. The van der Waals surface area contributed by atoms with Gasteiger partial charge in [-0.1, -0.05) is 24.6 Å². The Morgan fingerprint density at radius 2 is 1.74 bits per heavy atom. The fraction of sp³-hybridized carbons (Fsp3) is 0.321. The molecule has 0 bridgehead atoms. The second-order valence-corrected chi connectivity index (χ2v) is 8.84. The molecule has 0 saturated carbocycles. The zero-order chi connectivity index (χ0) is 24.5. The van der Waals surface area contributed by atoms with Crippen molar-refractivity contribution in [3.63, 3.8) is 0 Å². The predicted octanol–water partition coefficient (Wildman–Crippen LogP) is 4.78. The fourth-order valence-electron chi connectivity index (χ4n) is 4.13. The highest BCUT2D eigenvalue weighted by Gasteiger charge is 2.14. The first kappa shape index (κ1) is 24.4. The largest absolute Gasteiger partial charge is 0.495 e. The predicted molar refractivity (Wildman–Crippen MR) is 140 cm³/mol. The molecule has 7 nitrogen and oxygen atoms in total. The second-order valence-electron chi connectivity index (χ2n) is 8.84. The van der Waals surface area contributed by atoms with E-state index in [4.69, 9.17) is 4.74 Å². The Labute approximate surface area is 207 Å². The number of nitrogens with one attached hydrogen (secondary N) is 2. The summed E-state index contributed by atoms with van der Waals surface area (Å²) in [6, 6.07) is 17.5. The van der Waals surface area contributed by atoms with Crippen molar-refractivity contribution in [3.05, 3.63) is 89.2 Å². The summed E-state index contributed by atoms with van der Waals surface area (Å²) in [6.07, 6.45) is 7.31. The smallest absolute Gasteiger partial charge is 0.257 e. The number of hydrogen-bond donors (Lipinski definition) is 2. The van der Waals surface area contributed by atoms with E-state index in [2.05, 4.69) is 25.5 Å². The SMILES string of the molecule is COc1ccc(C)cc1NC(=NCc1ccncc1)NC(=O)c1ccc(CN2CCCCC2)cc1. The summed E-state index contributed by atoms with van der Waals surface area (Å²) in [4.78, 5) is 24.3. The molecule has 2 N–H and O–H groups in total. The van der Waals surface area contributed by atoms with Gasteiger partial charge in [0.1, 0.15) is 5.75 Å². The van der Waals surface area contributed by atoms with Crippen LogP contribution in [-0.2, 0) is 13.1 Å². The van der Waals surface area contributed by atoms with Gasteiger partial charge in [0.25, 0.3) is 5.91 Å². The van der Waals surface area contributed by atoms with Crippen LogP contribution in [0.5, 0.6) is 5.75 Å². The van der Waals surface area contributed by atoms with E-state index < -0.39 is 0 Å². The Bertz CT molecular complexity index is 1140. The van der Waals surface area contributed by atoms with Gasteiger partial charge in [-0.05, 0) is 85.9 Å². The molecule has 4 rings (SSSR count). The summed E-state index contributed by atoms with van der Waals surface area (Å²) < 4.78 is 5.49. The molecule has 3 aromatic rings. The van der Waals surface area contributed by atoms with Crippen molar-refractivity contribution in [1.82, 2.24) is 15.2 Å². The number of pyridine rings is 1. The van der Waals surface area contributed by atoms with Gasteiger partial charge < -0.3 is 10.1 Å². The molecule has 0 atom stereocenters. The van der Waals surface area contributed by atoms with Gasteiger partial charge >= 0.3 is 0 Å². The van der Waals surface area contributed by atoms with E-state index in [1.807, 2.05) is 61.5 Å². The standard InChI is InChI=1S/C28H33N5O2/c1-21-6-11-26(35-2)25(18-21)31-28(30-19-22-12-14-29-15-13-22)32-27(34)24-9-7-23(8-10-24)20-33-16-4-3-5-17-33/h6-15,18H,3-5,16-17,19-20H2,1-2H3,(H2,30,31,32,34). The van der Waals surface area contributed by atoms with Crippen molar-refractivity contribution in [2.24, 2.45) is 4.99 Å². The molecule has 1 aromatic heterocycles. The summed E-state index contributed by atoms with van der Waals surface area (Å²) in [7, 11) is 1.62. The summed E-state index contributed by atoms with van der Waals surface area (Å²) in [6.45, 7) is 5.62. The van der Waals surface area contributed by atoms with Crippen LogP contribution in [0.1, 0.15) is 46.3 Å². The number of methoxy groups -OCH3 is 1. The van der Waals surface area contributed by atoms with Crippen molar-refractivity contribution in [2.75, 3.05) is 25.5 Å². The lowest BCUT2D eigenvalue weighted by Crippen LogP contribution is -2.36. The summed E-state index contributed by atoms with van der Waals surface area (Å²) in [5.74, 6) is 0.804. The van der Waals surface area contributed by atoms with Gasteiger partial charge in [-0.25, -0.2) is 4.99 Å². The molecule has 0 radical (unpaired) electrons. The van der Waals surface area contributed by atoms with Crippen molar-refractivity contribution in [3.8, 4) is 5.75 Å². The molecule has 1 aliphatic rings. The van der Waals surface area contributed by atoms with E-state index in [9.17, 15) is 4.79 Å². The number of aryl methyl sites for hydroxylation is 1. The van der Waals surface area contributed by atoms with E-state index in [-0.39, 0.29) is 5.91 Å². The molecule has 0 unspecified atom stereocenters. The molecule has 0 aliphatic carbocycles.